The fraction of sp³-hybridized carbons (Fsp3) is 0.905. The molecule has 146 valence electrons. The zero-order chi connectivity index (χ0) is 17.9. The number of carbonyl (C=O) groups is 2. The van der Waals surface area contributed by atoms with Crippen LogP contribution < -0.4 is 0 Å². The maximum atomic E-state index is 13.3. The van der Waals surface area contributed by atoms with Crippen LogP contribution in [-0.2, 0) is 9.59 Å². The lowest BCUT2D eigenvalue weighted by Gasteiger charge is -2.42. The van der Waals surface area contributed by atoms with Gasteiger partial charge in [-0.1, -0.05) is 25.7 Å². The summed E-state index contributed by atoms with van der Waals surface area (Å²) in [5.74, 6) is 1.56. The van der Waals surface area contributed by atoms with Crippen LogP contribution in [0.4, 0.5) is 0 Å². The normalized spacial score (nSPS) is 27.4. The Kier molecular flexibility index (Phi) is 5.82. The van der Waals surface area contributed by atoms with E-state index in [0.717, 1.165) is 65.0 Å². The van der Waals surface area contributed by atoms with Crippen LogP contribution in [0.15, 0.2) is 0 Å². The Morgan fingerprint density at radius 2 is 1.23 bits per heavy atom. The highest BCUT2D eigenvalue weighted by Gasteiger charge is 2.40. The molecular formula is C21H35N3O2. The van der Waals surface area contributed by atoms with Gasteiger partial charge in [0.1, 0.15) is 0 Å². The van der Waals surface area contributed by atoms with Gasteiger partial charge in [-0.3, -0.25) is 14.5 Å². The van der Waals surface area contributed by atoms with Gasteiger partial charge in [0.15, 0.2) is 0 Å². The highest BCUT2D eigenvalue weighted by molar-refractivity contribution is 5.83. The third kappa shape index (κ3) is 3.78. The maximum Gasteiger partial charge on any atom is 0.240 e. The Morgan fingerprint density at radius 1 is 0.654 bits per heavy atom. The van der Waals surface area contributed by atoms with E-state index in [2.05, 4.69) is 14.7 Å². The van der Waals surface area contributed by atoms with Crippen molar-refractivity contribution in [3.63, 3.8) is 0 Å². The van der Waals surface area contributed by atoms with E-state index in [4.69, 9.17) is 0 Å². The minimum Gasteiger partial charge on any atom is -0.341 e. The van der Waals surface area contributed by atoms with Gasteiger partial charge in [0.05, 0.1) is 6.04 Å². The van der Waals surface area contributed by atoms with Crippen molar-refractivity contribution in [1.29, 1.82) is 0 Å². The Hall–Kier alpha value is -1.10. The third-order valence-corrected chi connectivity index (χ3v) is 7.24. The van der Waals surface area contributed by atoms with Crippen LogP contribution in [0.2, 0.25) is 0 Å². The van der Waals surface area contributed by atoms with Crippen LogP contribution >= 0.6 is 0 Å². The minimum atomic E-state index is 0.0688. The lowest BCUT2D eigenvalue weighted by atomic mass is 9.94. The largest absolute Gasteiger partial charge is 0.341 e. The van der Waals surface area contributed by atoms with E-state index in [1.165, 1.54) is 38.5 Å². The number of carbonyl (C=O) groups excluding carboxylic acids is 2. The molecule has 5 heteroatoms. The molecule has 5 nitrogen and oxygen atoms in total. The molecule has 0 spiro atoms. The van der Waals surface area contributed by atoms with E-state index in [1.54, 1.807) is 0 Å². The summed E-state index contributed by atoms with van der Waals surface area (Å²) < 4.78 is 0. The molecule has 2 aliphatic carbocycles. The smallest absolute Gasteiger partial charge is 0.240 e. The zero-order valence-electron chi connectivity index (χ0n) is 16.2. The summed E-state index contributed by atoms with van der Waals surface area (Å²) >= 11 is 0. The number of rotatable bonds is 4. The predicted octanol–water partition coefficient (Wildman–Crippen LogP) is 2.50. The molecule has 4 rings (SSSR count). The van der Waals surface area contributed by atoms with Crippen molar-refractivity contribution in [3.05, 3.63) is 0 Å². The van der Waals surface area contributed by atoms with Crippen molar-refractivity contribution in [3.8, 4) is 0 Å². The van der Waals surface area contributed by atoms with Crippen molar-refractivity contribution in [2.45, 2.75) is 70.3 Å². The quantitative estimate of drug-likeness (QED) is 0.773. The summed E-state index contributed by atoms with van der Waals surface area (Å²) in [5, 5.41) is 0. The van der Waals surface area contributed by atoms with Crippen molar-refractivity contribution in [1.82, 2.24) is 14.7 Å². The van der Waals surface area contributed by atoms with Crippen molar-refractivity contribution < 1.29 is 9.59 Å². The van der Waals surface area contributed by atoms with Gasteiger partial charge < -0.3 is 9.80 Å². The highest BCUT2D eigenvalue weighted by Crippen LogP contribution is 2.33. The van der Waals surface area contributed by atoms with Gasteiger partial charge in [-0.15, -0.1) is 0 Å². The number of hydrogen-bond donors (Lipinski definition) is 0. The second-order valence-corrected chi connectivity index (χ2v) is 8.86. The molecule has 26 heavy (non-hydrogen) atoms. The van der Waals surface area contributed by atoms with Crippen molar-refractivity contribution in [2.75, 3.05) is 39.3 Å². The highest BCUT2D eigenvalue weighted by atomic mass is 16.2. The second kappa shape index (κ2) is 8.28. The average Bonchev–Trinajstić information content (AvgIpc) is 3.45. The molecule has 0 aromatic rings. The zero-order valence-corrected chi connectivity index (χ0v) is 16.2. The summed E-state index contributed by atoms with van der Waals surface area (Å²) in [4.78, 5) is 32.6. The monoisotopic (exact) mass is 361 g/mol. The number of amides is 2. The molecule has 2 saturated heterocycles. The Morgan fingerprint density at radius 3 is 1.85 bits per heavy atom. The Labute approximate surface area is 158 Å². The predicted molar refractivity (Wildman–Crippen MR) is 102 cm³/mol. The fourth-order valence-corrected chi connectivity index (χ4v) is 5.71. The maximum absolute atomic E-state index is 13.3. The first kappa shape index (κ1) is 18.3. The molecule has 0 aromatic carbocycles. The second-order valence-electron chi connectivity index (χ2n) is 8.86. The van der Waals surface area contributed by atoms with Crippen molar-refractivity contribution in [2.24, 2.45) is 11.8 Å². The summed E-state index contributed by atoms with van der Waals surface area (Å²) in [6, 6.07) is 0.0688. The lowest BCUT2D eigenvalue weighted by molar-refractivity contribution is -0.142. The van der Waals surface area contributed by atoms with Gasteiger partial charge in [-0.25, -0.2) is 0 Å². The standard InChI is InChI=1S/C21H35N3O2/c25-20(18-9-3-4-10-18)24-15-13-22(14-16-24)19(17-7-1-2-8-17)21(26)23-11-5-6-12-23/h17-19H,1-16H2. The molecule has 1 unspecified atom stereocenters. The Bertz CT molecular complexity index is 497. The van der Waals surface area contributed by atoms with Crippen LogP contribution in [-0.4, -0.2) is 71.8 Å². The summed E-state index contributed by atoms with van der Waals surface area (Å²) in [5.41, 5.74) is 0. The minimum absolute atomic E-state index is 0.0688. The molecule has 2 amide bonds. The molecule has 2 aliphatic heterocycles. The molecule has 2 saturated carbocycles. The Balaban J connectivity index is 1.38. The van der Waals surface area contributed by atoms with E-state index in [1.807, 2.05) is 0 Å². The van der Waals surface area contributed by atoms with Crippen LogP contribution in [0.25, 0.3) is 0 Å². The molecule has 1 atom stereocenters. The van der Waals surface area contributed by atoms with Gasteiger partial charge in [0, 0.05) is 45.2 Å². The van der Waals surface area contributed by atoms with Gasteiger partial charge in [0.25, 0.3) is 0 Å². The first-order valence-electron chi connectivity index (χ1n) is 11.1. The molecule has 0 aromatic heterocycles. The van der Waals surface area contributed by atoms with E-state index in [0.29, 0.717) is 17.7 Å². The van der Waals surface area contributed by atoms with Crippen LogP contribution in [0.3, 0.4) is 0 Å². The molecule has 4 aliphatic rings. The van der Waals surface area contributed by atoms with Crippen LogP contribution in [0.1, 0.15) is 64.2 Å². The molecule has 4 fully saturated rings. The van der Waals surface area contributed by atoms with Gasteiger partial charge in [0.2, 0.25) is 11.8 Å². The molecule has 0 N–H and O–H groups in total. The molecule has 2 heterocycles. The molecule has 0 bridgehead atoms. The average molecular weight is 362 g/mol. The number of nitrogens with zero attached hydrogens (tertiary/aromatic N) is 3. The summed E-state index contributed by atoms with van der Waals surface area (Å²) in [7, 11) is 0. The first-order valence-corrected chi connectivity index (χ1v) is 11.1. The molecular weight excluding hydrogens is 326 g/mol. The van der Waals surface area contributed by atoms with E-state index in [-0.39, 0.29) is 12.0 Å². The van der Waals surface area contributed by atoms with Crippen molar-refractivity contribution >= 4 is 11.8 Å². The number of likely N-dealkylation sites (tertiary alicyclic amines) is 1. The van der Waals surface area contributed by atoms with Gasteiger partial charge in [-0.2, -0.15) is 0 Å². The van der Waals surface area contributed by atoms with Gasteiger partial charge >= 0.3 is 0 Å². The van der Waals surface area contributed by atoms with Crippen LogP contribution in [0, 0.1) is 11.8 Å². The van der Waals surface area contributed by atoms with Crippen LogP contribution in [0.5, 0.6) is 0 Å². The lowest BCUT2D eigenvalue weighted by Crippen LogP contribution is -2.58. The van der Waals surface area contributed by atoms with E-state index in [9.17, 15) is 9.59 Å². The summed E-state index contributed by atoms with van der Waals surface area (Å²) in [6.45, 7) is 5.26. The number of hydrogen-bond acceptors (Lipinski definition) is 3. The molecule has 0 radical (unpaired) electrons. The third-order valence-electron chi connectivity index (χ3n) is 7.24. The topological polar surface area (TPSA) is 43.9 Å². The SMILES string of the molecule is O=C(C1CCCC1)N1CCN(C(C(=O)N2CCCC2)C2CCCC2)CC1. The summed E-state index contributed by atoms with van der Waals surface area (Å²) in [6.07, 6.45) is 11.9. The van der Waals surface area contributed by atoms with E-state index >= 15 is 0 Å². The first-order chi connectivity index (χ1) is 12.7. The fourth-order valence-electron chi connectivity index (χ4n) is 5.71. The van der Waals surface area contributed by atoms with E-state index < -0.39 is 0 Å². The number of piperazine rings is 1. The van der Waals surface area contributed by atoms with Gasteiger partial charge in [-0.05, 0) is 44.4 Å².